The average molecular weight is 1420 g/mol. The van der Waals surface area contributed by atoms with E-state index < -0.39 is 0 Å². The molecule has 520 valence electrons. The fourth-order valence-corrected chi connectivity index (χ4v) is 17.1. The van der Waals surface area contributed by atoms with Gasteiger partial charge in [0.1, 0.15) is 11.3 Å². The van der Waals surface area contributed by atoms with E-state index in [0.29, 0.717) is 5.89 Å². The quantitative estimate of drug-likeness (QED) is 0.135. The zero-order valence-corrected chi connectivity index (χ0v) is 60.7. The first-order valence-corrected chi connectivity index (χ1v) is 38.1. The average Bonchev–Trinajstić information content (AvgIpc) is 1.70. The molecule has 4 heterocycles. The lowest BCUT2D eigenvalue weighted by Crippen LogP contribution is -1.97. The summed E-state index contributed by atoms with van der Waals surface area (Å²) < 4.78 is 8.85. The summed E-state index contributed by atoms with van der Waals surface area (Å²) in [6.45, 7) is 0. The molecule has 0 amide bonds. The predicted octanol–water partition coefficient (Wildman–Crippen LogP) is 28.5. The monoisotopic (exact) mass is 1420 g/mol. The van der Waals surface area contributed by atoms with E-state index in [1.165, 1.54) is 75.9 Å². The van der Waals surface area contributed by atoms with Gasteiger partial charge in [-0.15, -0.1) is 0 Å². The molecule has 0 saturated heterocycles. The molecule has 6 heteroatoms. The molecule has 112 heavy (non-hydrogen) atoms. The maximum atomic E-state index is 6.60. The van der Waals surface area contributed by atoms with Gasteiger partial charge in [-0.05, 0) is 194 Å². The highest BCUT2D eigenvalue weighted by Crippen LogP contribution is 2.46. The summed E-state index contributed by atoms with van der Waals surface area (Å²) in [7, 11) is 0. The van der Waals surface area contributed by atoms with Crippen molar-refractivity contribution in [1.82, 2.24) is 24.5 Å². The second-order valence-corrected chi connectivity index (χ2v) is 29.1. The Hall–Kier alpha value is -15.0. The highest BCUT2D eigenvalue weighted by atomic mass is 16.3. The van der Waals surface area contributed by atoms with Crippen LogP contribution in [-0.4, -0.2) is 24.5 Å². The molecule has 0 spiro atoms. The number of pyridine rings is 2. The molecule has 0 fully saturated rings. The number of benzene rings is 19. The molecule has 0 aliphatic heterocycles. The maximum absolute atomic E-state index is 6.60. The Bertz CT molecular complexity index is 7680. The zero-order chi connectivity index (χ0) is 73.7. The summed E-state index contributed by atoms with van der Waals surface area (Å²) in [6, 6.07) is 141. The summed E-state index contributed by atoms with van der Waals surface area (Å²) in [5, 5.41) is 21.1. The normalized spacial score (nSPS) is 11.8. The third-order valence-electron chi connectivity index (χ3n) is 22.6. The van der Waals surface area contributed by atoms with Crippen molar-refractivity contribution in [2.24, 2.45) is 0 Å². The number of fused-ring (bicyclic) bond motifs is 17. The molecule has 19 aromatic carbocycles. The second-order valence-electron chi connectivity index (χ2n) is 29.1. The van der Waals surface area contributed by atoms with E-state index in [-0.39, 0.29) is 0 Å². The lowest BCUT2D eigenvalue weighted by molar-refractivity contribution is 0.623. The Morgan fingerprint density at radius 1 is 0.205 bits per heavy atom. The standard InChI is InChI=1S/C54H32N2O.C52H33N3/c1-3-13-37-29-39(27-21-33(37)11-1)48-32-50(40-28-22-34-12-2-4-14-38(34)30-40)55-51-44-18-8-6-17-43(44)47(31-49(48)51)35-23-25-36(26-24-35)54-56-52-45-19-9-5-15-41(45)42-16-7-10-20-46(42)53(52)57-54;1-2-16-42(17-3-1)55-50-21-11-10-20-48(50)54-52(55)37-26-24-36(25-27-37)45-32-47-46(40-28-22-34-12-4-6-14-38(34)30-40)33-49(53-51(47)44-19-9-8-18-43(44)45)41-29-23-35-13-5-7-15-39(35)31-41/h1-32H;1-33H. The van der Waals surface area contributed by atoms with E-state index in [0.717, 1.165) is 144 Å². The van der Waals surface area contributed by atoms with Crippen LogP contribution in [-0.2, 0) is 0 Å². The smallest absolute Gasteiger partial charge is 0.227 e. The van der Waals surface area contributed by atoms with Crippen molar-refractivity contribution in [1.29, 1.82) is 0 Å². The molecule has 4 aromatic heterocycles. The highest BCUT2D eigenvalue weighted by Gasteiger charge is 2.23. The molecule has 0 saturated carbocycles. The van der Waals surface area contributed by atoms with Crippen LogP contribution in [0.1, 0.15) is 0 Å². The Morgan fingerprint density at radius 3 is 1.04 bits per heavy atom. The molecular formula is C106H65N5O. The number of oxazole rings is 1. The van der Waals surface area contributed by atoms with Crippen LogP contribution >= 0.6 is 0 Å². The van der Waals surface area contributed by atoms with Gasteiger partial charge in [-0.1, -0.05) is 309 Å². The highest BCUT2D eigenvalue weighted by molar-refractivity contribution is 6.23. The van der Waals surface area contributed by atoms with Crippen LogP contribution in [0.4, 0.5) is 0 Å². The maximum Gasteiger partial charge on any atom is 0.227 e. The Kier molecular flexibility index (Phi) is 15.2. The number of rotatable bonds is 9. The molecule has 0 N–H and O–H groups in total. The summed E-state index contributed by atoms with van der Waals surface area (Å²) in [6.07, 6.45) is 0. The van der Waals surface area contributed by atoms with Crippen LogP contribution in [0.3, 0.4) is 0 Å². The minimum Gasteiger partial charge on any atom is -0.435 e. The lowest BCUT2D eigenvalue weighted by Gasteiger charge is -2.16. The summed E-state index contributed by atoms with van der Waals surface area (Å²) in [5.41, 5.74) is 22.2. The molecular weight excluding hydrogens is 1360 g/mol. The van der Waals surface area contributed by atoms with Crippen molar-refractivity contribution < 1.29 is 4.42 Å². The number of para-hydroxylation sites is 3. The second kappa shape index (κ2) is 26.5. The predicted molar refractivity (Wildman–Crippen MR) is 469 cm³/mol. The lowest BCUT2D eigenvalue weighted by atomic mass is 9.90. The molecule has 0 aliphatic rings. The van der Waals surface area contributed by atoms with E-state index in [1.807, 2.05) is 6.07 Å². The Morgan fingerprint density at radius 2 is 0.554 bits per heavy atom. The van der Waals surface area contributed by atoms with Gasteiger partial charge in [-0.25, -0.2) is 19.9 Å². The van der Waals surface area contributed by atoms with E-state index in [9.17, 15) is 0 Å². The minimum atomic E-state index is 0.616. The van der Waals surface area contributed by atoms with Crippen LogP contribution in [0, 0.1) is 0 Å². The first-order chi connectivity index (χ1) is 55.5. The van der Waals surface area contributed by atoms with Crippen molar-refractivity contribution in [3.63, 3.8) is 0 Å². The van der Waals surface area contributed by atoms with Crippen molar-refractivity contribution in [3.05, 3.63) is 394 Å². The van der Waals surface area contributed by atoms with Crippen molar-refractivity contribution >= 4 is 130 Å². The first-order valence-electron chi connectivity index (χ1n) is 38.1. The van der Waals surface area contributed by atoms with Crippen LogP contribution in [0.2, 0.25) is 0 Å². The van der Waals surface area contributed by atoms with Crippen molar-refractivity contribution in [3.8, 4) is 95.6 Å². The van der Waals surface area contributed by atoms with Gasteiger partial charge in [0.05, 0.1) is 33.5 Å². The first kappa shape index (κ1) is 64.2. The van der Waals surface area contributed by atoms with E-state index in [2.05, 4.69) is 393 Å². The van der Waals surface area contributed by atoms with Crippen molar-refractivity contribution in [2.75, 3.05) is 0 Å². The molecule has 0 aliphatic carbocycles. The third-order valence-corrected chi connectivity index (χ3v) is 22.6. The number of nitrogens with zero attached hydrogens (tertiary/aromatic N) is 5. The van der Waals surface area contributed by atoms with E-state index in [4.69, 9.17) is 24.4 Å². The molecule has 23 rings (SSSR count). The summed E-state index contributed by atoms with van der Waals surface area (Å²) >= 11 is 0. The fraction of sp³-hybridized carbons (Fsp3) is 0. The number of imidazole rings is 1. The molecule has 6 nitrogen and oxygen atoms in total. The van der Waals surface area contributed by atoms with Gasteiger partial charge in [0.15, 0.2) is 5.58 Å². The summed E-state index contributed by atoms with van der Waals surface area (Å²) in [4.78, 5) is 21.1. The zero-order valence-electron chi connectivity index (χ0n) is 60.7. The van der Waals surface area contributed by atoms with Crippen LogP contribution in [0.15, 0.2) is 399 Å². The number of hydrogen-bond acceptors (Lipinski definition) is 5. The minimum absolute atomic E-state index is 0.616. The van der Waals surface area contributed by atoms with E-state index >= 15 is 0 Å². The molecule has 0 unspecified atom stereocenters. The van der Waals surface area contributed by atoms with Gasteiger partial charge >= 0.3 is 0 Å². The number of hydrogen-bond donors (Lipinski definition) is 0. The molecule has 0 radical (unpaired) electrons. The van der Waals surface area contributed by atoms with Crippen LogP contribution < -0.4 is 0 Å². The molecule has 23 aromatic rings. The summed E-state index contributed by atoms with van der Waals surface area (Å²) in [5.74, 6) is 1.54. The van der Waals surface area contributed by atoms with Crippen LogP contribution in [0.25, 0.3) is 226 Å². The molecule has 0 atom stereocenters. The Balaban J connectivity index is 0.000000137. The SMILES string of the molecule is c1ccc(-n2c(-c3ccc(-c4cc5c(-c6ccc7ccccc7c6)cc(-c6ccc7ccccc7c6)nc5c5ccccc45)cc3)nc3ccccc32)cc1.c1ccc2cc(-c3cc(-c4ccc5ccccc5c4)c4cc(-c5ccc(-c6nc7c8ccccc8c8ccccc8c7o6)cc5)c5ccccc5c4n3)ccc2c1. The third kappa shape index (κ3) is 11.0. The van der Waals surface area contributed by atoms with E-state index in [1.54, 1.807) is 0 Å². The van der Waals surface area contributed by atoms with Gasteiger partial charge in [-0.2, -0.15) is 0 Å². The largest absolute Gasteiger partial charge is 0.435 e. The number of aromatic nitrogens is 5. The fourth-order valence-electron chi connectivity index (χ4n) is 17.1. The topological polar surface area (TPSA) is 69.6 Å². The molecule has 0 bridgehead atoms. The van der Waals surface area contributed by atoms with Crippen LogP contribution in [0.5, 0.6) is 0 Å². The van der Waals surface area contributed by atoms with Gasteiger partial charge in [0, 0.05) is 60.3 Å². The van der Waals surface area contributed by atoms with Gasteiger partial charge in [0.25, 0.3) is 0 Å². The van der Waals surface area contributed by atoms with Gasteiger partial charge in [0.2, 0.25) is 5.89 Å². The Labute approximate surface area is 644 Å². The van der Waals surface area contributed by atoms with Gasteiger partial charge < -0.3 is 4.42 Å². The van der Waals surface area contributed by atoms with Gasteiger partial charge in [-0.3, -0.25) is 4.57 Å². The van der Waals surface area contributed by atoms with Crippen molar-refractivity contribution in [2.45, 2.75) is 0 Å².